The maximum absolute atomic E-state index is 13.7. The Morgan fingerprint density at radius 1 is 1.23 bits per heavy atom. The lowest BCUT2D eigenvalue weighted by molar-refractivity contribution is -0.133. The van der Waals surface area contributed by atoms with E-state index < -0.39 is 11.9 Å². The van der Waals surface area contributed by atoms with Crippen LogP contribution in [0.1, 0.15) is 50.9 Å². The van der Waals surface area contributed by atoms with Gasteiger partial charge in [-0.15, -0.1) is 0 Å². The van der Waals surface area contributed by atoms with Gasteiger partial charge in [0.05, 0.1) is 18.2 Å². The molecule has 0 radical (unpaired) electrons. The standard InChI is InChI=1S/C22H28F2N4O3/c1-13-9-18(21(30)31)12-28(20(13)27-7-5-22(23,24)6-8-27)15(3)17-10-14(2)25-19(11-17)26-16(4)29/h9-11,15H,5-8,12H2,1-4H3,(H,30,31)(H,25,26,29). The number of pyridine rings is 1. The summed E-state index contributed by atoms with van der Waals surface area (Å²) in [5, 5.41) is 12.3. The maximum atomic E-state index is 13.7. The number of likely N-dealkylation sites (tertiary alicyclic amines) is 1. The van der Waals surface area contributed by atoms with E-state index in [1.54, 1.807) is 12.1 Å². The first-order valence-corrected chi connectivity index (χ1v) is 10.3. The number of amides is 1. The lowest BCUT2D eigenvalue weighted by atomic mass is 9.99. The highest BCUT2D eigenvalue weighted by Crippen LogP contribution is 2.37. The average Bonchev–Trinajstić information content (AvgIpc) is 2.66. The van der Waals surface area contributed by atoms with Gasteiger partial charge in [0.2, 0.25) is 5.91 Å². The number of rotatable bonds is 5. The minimum atomic E-state index is -2.67. The molecule has 3 rings (SSSR count). The summed E-state index contributed by atoms with van der Waals surface area (Å²) in [7, 11) is 0. The van der Waals surface area contributed by atoms with Gasteiger partial charge in [-0.3, -0.25) is 4.79 Å². The van der Waals surface area contributed by atoms with Gasteiger partial charge >= 0.3 is 5.97 Å². The van der Waals surface area contributed by atoms with Crippen LogP contribution in [0.3, 0.4) is 0 Å². The van der Waals surface area contributed by atoms with Crippen molar-refractivity contribution in [2.24, 2.45) is 0 Å². The summed E-state index contributed by atoms with van der Waals surface area (Å²) in [5.74, 6) is -2.74. The number of carboxylic acid groups (broad SMARTS) is 1. The van der Waals surface area contributed by atoms with Gasteiger partial charge in [-0.1, -0.05) is 0 Å². The monoisotopic (exact) mass is 434 g/mol. The van der Waals surface area contributed by atoms with E-state index in [-0.39, 0.29) is 50.0 Å². The Labute approximate surface area is 180 Å². The predicted molar refractivity (Wildman–Crippen MR) is 113 cm³/mol. The average molecular weight is 434 g/mol. The van der Waals surface area contributed by atoms with Crippen molar-refractivity contribution >= 4 is 17.7 Å². The fourth-order valence-electron chi connectivity index (χ4n) is 4.14. The van der Waals surface area contributed by atoms with E-state index in [1.165, 1.54) is 6.92 Å². The molecule has 7 nitrogen and oxygen atoms in total. The second-order valence-corrected chi connectivity index (χ2v) is 8.24. The molecule has 1 unspecified atom stereocenters. The van der Waals surface area contributed by atoms with Gasteiger partial charge in [-0.2, -0.15) is 0 Å². The third-order valence-electron chi connectivity index (χ3n) is 5.66. The van der Waals surface area contributed by atoms with E-state index >= 15 is 0 Å². The molecular weight excluding hydrogens is 406 g/mol. The molecule has 0 aromatic carbocycles. The van der Waals surface area contributed by atoms with Crippen LogP contribution in [0.2, 0.25) is 0 Å². The predicted octanol–water partition coefficient (Wildman–Crippen LogP) is 3.70. The molecule has 2 N–H and O–H groups in total. The Hall–Kier alpha value is -2.97. The number of alkyl halides is 2. The Morgan fingerprint density at radius 3 is 2.45 bits per heavy atom. The molecule has 3 heterocycles. The summed E-state index contributed by atoms with van der Waals surface area (Å²) in [5.41, 5.74) is 2.52. The molecule has 0 bridgehead atoms. The van der Waals surface area contributed by atoms with Gasteiger partial charge < -0.3 is 20.2 Å². The number of aryl methyl sites for hydroxylation is 1. The minimum absolute atomic E-state index is 0.146. The number of aromatic nitrogens is 1. The van der Waals surface area contributed by atoms with Crippen LogP contribution in [0.25, 0.3) is 0 Å². The number of halogens is 2. The molecule has 31 heavy (non-hydrogen) atoms. The highest BCUT2D eigenvalue weighted by molar-refractivity contribution is 5.88. The van der Waals surface area contributed by atoms with Crippen molar-refractivity contribution in [3.63, 3.8) is 0 Å². The minimum Gasteiger partial charge on any atom is -0.478 e. The smallest absolute Gasteiger partial charge is 0.333 e. The third-order valence-corrected chi connectivity index (χ3v) is 5.66. The Morgan fingerprint density at radius 2 is 1.87 bits per heavy atom. The number of hydrogen-bond donors (Lipinski definition) is 2. The Bertz CT molecular complexity index is 948. The molecule has 0 spiro atoms. The van der Waals surface area contributed by atoms with Crippen LogP contribution in [0.5, 0.6) is 0 Å². The fourth-order valence-corrected chi connectivity index (χ4v) is 4.14. The summed E-state index contributed by atoms with van der Waals surface area (Å²) < 4.78 is 27.5. The van der Waals surface area contributed by atoms with Crippen molar-refractivity contribution in [2.75, 3.05) is 25.0 Å². The number of carboxylic acids is 1. The summed E-state index contributed by atoms with van der Waals surface area (Å²) in [6.07, 6.45) is 1.15. The van der Waals surface area contributed by atoms with Crippen LogP contribution in [-0.2, 0) is 9.59 Å². The summed E-state index contributed by atoms with van der Waals surface area (Å²) in [6, 6.07) is 3.37. The van der Waals surface area contributed by atoms with E-state index in [2.05, 4.69) is 10.3 Å². The molecule has 1 amide bonds. The number of piperidine rings is 1. The van der Waals surface area contributed by atoms with Crippen LogP contribution in [0.4, 0.5) is 14.6 Å². The maximum Gasteiger partial charge on any atom is 0.333 e. The van der Waals surface area contributed by atoms with Gasteiger partial charge in [-0.25, -0.2) is 18.6 Å². The molecule has 9 heteroatoms. The fraction of sp³-hybridized carbons (Fsp3) is 0.500. The van der Waals surface area contributed by atoms with Crippen LogP contribution >= 0.6 is 0 Å². The molecule has 1 atom stereocenters. The summed E-state index contributed by atoms with van der Waals surface area (Å²) in [6.45, 7) is 7.50. The molecular formula is C22H28F2N4O3. The zero-order chi connectivity index (χ0) is 22.9. The molecule has 168 valence electrons. The SMILES string of the molecule is CC(=O)Nc1cc(C(C)N2CC(C(=O)O)=CC(C)=C2N2CCC(F)(F)CC2)cc(C)n1. The van der Waals surface area contributed by atoms with E-state index in [0.717, 1.165) is 17.0 Å². The quantitative estimate of drug-likeness (QED) is 0.735. The van der Waals surface area contributed by atoms with Crippen molar-refractivity contribution in [1.29, 1.82) is 0 Å². The number of hydrogen-bond acceptors (Lipinski definition) is 5. The first kappa shape index (κ1) is 22.7. The second-order valence-electron chi connectivity index (χ2n) is 8.24. The van der Waals surface area contributed by atoms with Crippen molar-refractivity contribution < 1.29 is 23.5 Å². The first-order valence-electron chi connectivity index (χ1n) is 10.3. The normalized spacial score (nSPS) is 19.7. The number of nitrogens with one attached hydrogen (secondary N) is 1. The summed E-state index contributed by atoms with van der Waals surface area (Å²) in [4.78, 5) is 31.4. The molecule has 0 saturated carbocycles. The zero-order valence-corrected chi connectivity index (χ0v) is 18.2. The molecule has 1 fully saturated rings. The van der Waals surface area contributed by atoms with Crippen molar-refractivity contribution in [3.05, 3.63) is 46.4 Å². The molecule has 1 saturated heterocycles. The van der Waals surface area contributed by atoms with Gasteiger partial charge in [0.25, 0.3) is 5.92 Å². The number of carbonyl (C=O) groups is 2. The van der Waals surface area contributed by atoms with E-state index in [4.69, 9.17) is 0 Å². The van der Waals surface area contributed by atoms with E-state index in [9.17, 15) is 23.5 Å². The van der Waals surface area contributed by atoms with E-state index in [0.29, 0.717) is 11.5 Å². The number of aliphatic carboxylic acids is 1. The van der Waals surface area contributed by atoms with Gasteiger partial charge in [-0.05, 0) is 50.1 Å². The van der Waals surface area contributed by atoms with Crippen LogP contribution < -0.4 is 5.32 Å². The lowest BCUT2D eigenvalue weighted by Gasteiger charge is -2.45. The Balaban J connectivity index is 1.98. The molecule has 2 aliphatic heterocycles. The second kappa shape index (κ2) is 8.64. The van der Waals surface area contributed by atoms with Crippen molar-refractivity contribution in [1.82, 2.24) is 14.8 Å². The molecule has 2 aliphatic rings. The van der Waals surface area contributed by atoms with Gasteiger partial charge in [0.15, 0.2) is 0 Å². The number of carbonyl (C=O) groups excluding carboxylic acids is 1. The molecule has 1 aromatic heterocycles. The van der Waals surface area contributed by atoms with Gasteiger partial charge in [0, 0.05) is 38.5 Å². The Kier molecular flexibility index (Phi) is 6.33. The van der Waals surface area contributed by atoms with Gasteiger partial charge in [0.1, 0.15) is 11.6 Å². The first-order chi connectivity index (χ1) is 14.5. The van der Waals surface area contributed by atoms with Crippen LogP contribution in [0, 0.1) is 6.92 Å². The number of nitrogens with zero attached hydrogens (tertiary/aromatic N) is 3. The lowest BCUT2D eigenvalue weighted by Crippen LogP contribution is -2.46. The van der Waals surface area contributed by atoms with Crippen molar-refractivity contribution in [2.45, 2.75) is 52.5 Å². The largest absolute Gasteiger partial charge is 0.478 e. The highest BCUT2D eigenvalue weighted by atomic mass is 19.3. The topological polar surface area (TPSA) is 85.8 Å². The highest BCUT2D eigenvalue weighted by Gasteiger charge is 2.38. The number of anilines is 1. The summed E-state index contributed by atoms with van der Waals surface area (Å²) >= 11 is 0. The molecule has 0 aliphatic carbocycles. The zero-order valence-electron chi connectivity index (χ0n) is 18.2. The third kappa shape index (κ3) is 5.21. The van der Waals surface area contributed by atoms with Crippen LogP contribution in [0.15, 0.2) is 35.2 Å². The van der Waals surface area contributed by atoms with Crippen LogP contribution in [-0.4, -0.2) is 57.3 Å². The van der Waals surface area contributed by atoms with Crippen molar-refractivity contribution in [3.8, 4) is 0 Å². The molecule has 1 aromatic rings. The van der Waals surface area contributed by atoms with E-state index in [1.807, 2.05) is 36.6 Å². The number of allylic oxidation sites excluding steroid dienone is 2.